The van der Waals surface area contributed by atoms with Gasteiger partial charge in [-0.05, 0) is 57.1 Å². The van der Waals surface area contributed by atoms with E-state index in [9.17, 15) is 4.79 Å². The largest absolute Gasteiger partial charge is 0.370 e. The first-order valence-electron chi connectivity index (χ1n) is 8.19. The van der Waals surface area contributed by atoms with Gasteiger partial charge < -0.3 is 15.1 Å². The molecule has 2 heterocycles. The summed E-state index contributed by atoms with van der Waals surface area (Å²) in [4.78, 5) is 20.1. The number of pyridine rings is 1. The first-order chi connectivity index (χ1) is 11.1. The molecule has 1 saturated heterocycles. The third kappa shape index (κ3) is 4.16. The summed E-state index contributed by atoms with van der Waals surface area (Å²) in [5, 5.41) is 3.40. The Morgan fingerprint density at radius 2 is 2.13 bits per heavy atom. The molecule has 6 heteroatoms. The molecule has 0 aromatic carbocycles. The van der Waals surface area contributed by atoms with E-state index in [1.165, 1.54) is 16.4 Å². The van der Waals surface area contributed by atoms with E-state index in [0.29, 0.717) is 0 Å². The first-order valence-corrected chi connectivity index (χ1v) is 9.27. The number of aromatic nitrogens is 1. The third-order valence-corrected chi connectivity index (χ3v) is 5.95. The number of nitrogens with one attached hydrogen (secondary N) is 1. The number of piperazine rings is 1. The lowest BCUT2D eigenvalue weighted by Gasteiger charge is -2.35. The third-order valence-electron chi connectivity index (χ3n) is 4.62. The molecule has 1 aliphatic heterocycles. The Bertz CT molecular complexity index is 579. The second-order valence-corrected chi connectivity index (χ2v) is 7.38. The molecule has 2 aliphatic rings. The van der Waals surface area contributed by atoms with Gasteiger partial charge in [-0.1, -0.05) is 6.08 Å². The van der Waals surface area contributed by atoms with Gasteiger partial charge in [0.25, 0.3) is 0 Å². The highest BCUT2D eigenvalue weighted by Crippen LogP contribution is 2.34. The zero-order valence-corrected chi connectivity index (χ0v) is 15.6. The van der Waals surface area contributed by atoms with E-state index in [0.717, 1.165) is 50.1 Å². The molecule has 124 valence electrons. The summed E-state index contributed by atoms with van der Waals surface area (Å²) >= 11 is 2.43. The van der Waals surface area contributed by atoms with Gasteiger partial charge in [0, 0.05) is 39.6 Å². The highest BCUT2D eigenvalue weighted by Gasteiger charge is 2.19. The summed E-state index contributed by atoms with van der Waals surface area (Å²) in [5.74, 6) is 1.85. The number of halogens is 1. The summed E-state index contributed by atoms with van der Waals surface area (Å²) in [6, 6.07) is 4.17. The maximum Gasteiger partial charge on any atom is 0.219 e. The van der Waals surface area contributed by atoms with Crippen LogP contribution in [0.4, 0.5) is 11.5 Å². The molecule has 0 spiro atoms. The fourth-order valence-electron chi connectivity index (χ4n) is 2.96. The summed E-state index contributed by atoms with van der Waals surface area (Å²) in [6.45, 7) is 5.94. The van der Waals surface area contributed by atoms with Gasteiger partial charge in [-0.3, -0.25) is 4.79 Å². The highest BCUT2D eigenvalue weighted by molar-refractivity contribution is 14.1. The van der Waals surface area contributed by atoms with E-state index < -0.39 is 0 Å². The number of allylic oxidation sites excluding steroid dienone is 2. The Labute approximate surface area is 151 Å². The van der Waals surface area contributed by atoms with Crippen molar-refractivity contribution in [2.75, 3.05) is 42.9 Å². The van der Waals surface area contributed by atoms with E-state index in [-0.39, 0.29) is 5.91 Å². The van der Waals surface area contributed by atoms with Gasteiger partial charge in [-0.25, -0.2) is 4.98 Å². The van der Waals surface area contributed by atoms with Crippen molar-refractivity contribution in [2.45, 2.75) is 19.8 Å². The van der Waals surface area contributed by atoms with Crippen LogP contribution in [0.25, 0.3) is 0 Å². The van der Waals surface area contributed by atoms with Gasteiger partial charge >= 0.3 is 0 Å². The van der Waals surface area contributed by atoms with Crippen molar-refractivity contribution < 1.29 is 4.79 Å². The van der Waals surface area contributed by atoms with E-state index in [2.05, 4.69) is 49.9 Å². The number of carbonyl (C=O) groups excluding carboxylic acids is 1. The van der Waals surface area contributed by atoms with Crippen LogP contribution in [0.2, 0.25) is 0 Å². The molecule has 0 bridgehead atoms. The Kier molecular flexibility index (Phi) is 5.40. The van der Waals surface area contributed by atoms with Crippen molar-refractivity contribution in [1.29, 1.82) is 0 Å². The molecule has 1 atom stereocenters. The Balaban J connectivity index is 1.45. The zero-order valence-electron chi connectivity index (χ0n) is 13.5. The van der Waals surface area contributed by atoms with Crippen molar-refractivity contribution in [2.24, 2.45) is 5.92 Å². The lowest BCUT2D eigenvalue weighted by atomic mass is 9.92. The normalized spacial score (nSPS) is 20.8. The number of rotatable bonds is 5. The van der Waals surface area contributed by atoms with Crippen molar-refractivity contribution in [3.8, 4) is 0 Å². The number of anilines is 2. The number of carbonyl (C=O) groups is 1. The second kappa shape index (κ2) is 7.51. The quantitative estimate of drug-likeness (QED) is 0.736. The Morgan fingerprint density at radius 1 is 1.35 bits per heavy atom. The smallest absolute Gasteiger partial charge is 0.219 e. The van der Waals surface area contributed by atoms with Gasteiger partial charge in [0.05, 0.1) is 11.9 Å². The van der Waals surface area contributed by atoms with Crippen LogP contribution in [0, 0.1) is 5.92 Å². The highest BCUT2D eigenvalue weighted by atomic mass is 127. The van der Waals surface area contributed by atoms with Gasteiger partial charge in [0.15, 0.2) is 0 Å². The predicted molar refractivity (Wildman–Crippen MR) is 102 cm³/mol. The van der Waals surface area contributed by atoms with Crippen molar-refractivity contribution >= 4 is 40.0 Å². The average Bonchev–Trinajstić information content (AvgIpc) is 2.58. The molecule has 23 heavy (non-hydrogen) atoms. The molecule has 1 aromatic heterocycles. The molecule has 3 rings (SSSR count). The second-order valence-electron chi connectivity index (χ2n) is 6.13. The van der Waals surface area contributed by atoms with Crippen molar-refractivity contribution in [3.05, 3.63) is 28.0 Å². The van der Waals surface area contributed by atoms with Crippen LogP contribution >= 0.6 is 22.6 Å². The van der Waals surface area contributed by atoms with E-state index in [4.69, 9.17) is 0 Å². The summed E-state index contributed by atoms with van der Waals surface area (Å²) in [7, 11) is 0. The van der Waals surface area contributed by atoms with Crippen LogP contribution in [0.15, 0.2) is 28.0 Å². The van der Waals surface area contributed by atoms with Crippen LogP contribution in [0.3, 0.4) is 0 Å². The van der Waals surface area contributed by atoms with E-state index in [1.54, 1.807) is 6.92 Å². The van der Waals surface area contributed by atoms with Crippen molar-refractivity contribution in [3.63, 3.8) is 0 Å². The topological polar surface area (TPSA) is 48.5 Å². The summed E-state index contributed by atoms with van der Waals surface area (Å²) in [6.07, 6.45) is 6.62. The predicted octanol–water partition coefficient (Wildman–Crippen LogP) is 2.89. The minimum absolute atomic E-state index is 0.165. The van der Waals surface area contributed by atoms with Gasteiger partial charge in [0.2, 0.25) is 5.91 Å². The molecule has 1 N–H and O–H groups in total. The zero-order chi connectivity index (χ0) is 16.2. The number of amides is 1. The fraction of sp³-hybridized carbons (Fsp3) is 0.529. The molecule has 0 radical (unpaired) electrons. The lowest BCUT2D eigenvalue weighted by Crippen LogP contribution is -2.48. The van der Waals surface area contributed by atoms with Crippen LogP contribution in [0.1, 0.15) is 19.8 Å². The molecule has 1 fully saturated rings. The molecule has 1 aliphatic carbocycles. The van der Waals surface area contributed by atoms with E-state index in [1.807, 2.05) is 17.2 Å². The van der Waals surface area contributed by atoms with Gasteiger partial charge in [0.1, 0.15) is 5.82 Å². The molecular formula is C17H23IN4O. The fourth-order valence-corrected chi connectivity index (χ4v) is 3.78. The van der Waals surface area contributed by atoms with Crippen molar-refractivity contribution in [1.82, 2.24) is 9.88 Å². The summed E-state index contributed by atoms with van der Waals surface area (Å²) in [5.41, 5.74) is 1.13. The molecule has 0 unspecified atom stereocenters. The maximum absolute atomic E-state index is 11.4. The van der Waals surface area contributed by atoms with Crippen LogP contribution in [-0.4, -0.2) is 48.5 Å². The Morgan fingerprint density at radius 3 is 2.65 bits per heavy atom. The number of hydrogen-bond donors (Lipinski definition) is 1. The molecule has 1 amide bonds. The molecular weight excluding hydrogens is 403 g/mol. The van der Waals surface area contributed by atoms with Crippen LogP contribution < -0.4 is 10.2 Å². The Hall–Kier alpha value is -1.31. The minimum atomic E-state index is 0.165. The average molecular weight is 426 g/mol. The van der Waals surface area contributed by atoms with Gasteiger partial charge in [-0.15, -0.1) is 0 Å². The number of nitrogens with zero attached hydrogens (tertiary/aromatic N) is 3. The molecule has 1 aromatic rings. The molecule has 5 nitrogen and oxygen atoms in total. The molecule has 0 saturated carbocycles. The maximum atomic E-state index is 11.4. The first kappa shape index (κ1) is 16.5. The lowest BCUT2D eigenvalue weighted by molar-refractivity contribution is -0.129. The van der Waals surface area contributed by atoms with Crippen LogP contribution in [-0.2, 0) is 4.79 Å². The SMILES string of the molecule is CC(=O)N1CCN(c2ccc(NCC[C@@H]3CC=C3I)nc2)CC1. The van der Waals surface area contributed by atoms with E-state index >= 15 is 0 Å². The summed E-state index contributed by atoms with van der Waals surface area (Å²) < 4.78 is 1.50. The number of hydrogen-bond acceptors (Lipinski definition) is 4. The standard InChI is InChI=1S/C17H23IN4O/c1-13(23)21-8-10-22(11-9-21)15-3-5-17(20-12-15)19-7-6-14-2-4-16(14)18/h3-5,12,14H,2,6-11H2,1H3,(H,19,20)/t14-/m0/s1. The van der Waals surface area contributed by atoms with Crippen LogP contribution in [0.5, 0.6) is 0 Å². The monoisotopic (exact) mass is 426 g/mol. The minimum Gasteiger partial charge on any atom is -0.370 e. The van der Waals surface area contributed by atoms with Gasteiger partial charge in [-0.2, -0.15) is 0 Å².